The molecule has 1 saturated heterocycles. The Labute approximate surface area is 208 Å². The van der Waals surface area contributed by atoms with Crippen molar-refractivity contribution in [2.45, 2.75) is 52.6 Å². The third kappa shape index (κ3) is 6.12. The van der Waals surface area contributed by atoms with Gasteiger partial charge in [0.2, 0.25) is 8.38 Å². The summed E-state index contributed by atoms with van der Waals surface area (Å²) in [6, 6.07) is 17.9. The number of hydrogen-bond acceptors (Lipinski definition) is 4. The molecular formula is C28H32ClO4P. The van der Waals surface area contributed by atoms with Crippen molar-refractivity contribution in [3.63, 3.8) is 0 Å². The van der Waals surface area contributed by atoms with Crippen molar-refractivity contribution in [3.8, 4) is 11.5 Å². The second kappa shape index (κ2) is 11.1. The highest BCUT2D eigenvalue weighted by Crippen LogP contribution is 2.49. The molecule has 2 atom stereocenters. The molecule has 6 heteroatoms. The van der Waals surface area contributed by atoms with E-state index in [-0.39, 0.29) is 12.0 Å². The predicted molar refractivity (Wildman–Crippen MR) is 139 cm³/mol. The first-order chi connectivity index (χ1) is 16.3. The Kier molecular flexibility index (Phi) is 8.16. The lowest BCUT2D eigenvalue weighted by Gasteiger charge is -2.29. The molecule has 2 unspecified atom stereocenters. The molecule has 3 aromatic rings. The van der Waals surface area contributed by atoms with Gasteiger partial charge in [0.25, 0.3) is 0 Å². The van der Waals surface area contributed by atoms with E-state index in [1.54, 1.807) is 6.07 Å². The van der Waals surface area contributed by atoms with E-state index in [0.717, 1.165) is 29.7 Å². The van der Waals surface area contributed by atoms with Crippen LogP contribution in [0.3, 0.4) is 0 Å². The second-order valence-corrected chi connectivity index (χ2v) is 11.0. The van der Waals surface area contributed by atoms with E-state index in [0.29, 0.717) is 23.7 Å². The van der Waals surface area contributed by atoms with E-state index in [1.165, 1.54) is 22.3 Å². The minimum Gasteiger partial charge on any atom is -0.508 e. The summed E-state index contributed by atoms with van der Waals surface area (Å²) in [5, 5.41) is 10.9. The van der Waals surface area contributed by atoms with E-state index < -0.39 is 8.38 Å². The molecule has 1 aliphatic rings. The van der Waals surface area contributed by atoms with Crippen molar-refractivity contribution in [3.05, 3.63) is 93.0 Å². The van der Waals surface area contributed by atoms with Gasteiger partial charge in [0.05, 0.1) is 12.7 Å². The van der Waals surface area contributed by atoms with Gasteiger partial charge in [0.15, 0.2) is 6.35 Å². The van der Waals surface area contributed by atoms with E-state index in [1.807, 2.05) is 30.3 Å². The largest absolute Gasteiger partial charge is 0.508 e. The molecule has 0 radical (unpaired) electrons. The molecule has 1 fully saturated rings. The van der Waals surface area contributed by atoms with Gasteiger partial charge in [-0.05, 0) is 89.9 Å². The van der Waals surface area contributed by atoms with Crippen LogP contribution in [0.2, 0.25) is 5.02 Å². The molecule has 1 aliphatic heterocycles. The van der Waals surface area contributed by atoms with E-state index in [9.17, 15) is 5.11 Å². The van der Waals surface area contributed by atoms with Gasteiger partial charge < -0.3 is 18.9 Å². The van der Waals surface area contributed by atoms with Crippen molar-refractivity contribution in [2.75, 3.05) is 13.0 Å². The van der Waals surface area contributed by atoms with Gasteiger partial charge in [-0.2, -0.15) is 0 Å². The zero-order chi connectivity index (χ0) is 24.2. The van der Waals surface area contributed by atoms with Crippen LogP contribution >= 0.6 is 20.0 Å². The molecule has 34 heavy (non-hydrogen) atoms. The minimum absolute atomic E-state index is 0.0194. The summed E-state index contributed by atoms with van der Waals surface area (Å²) in [6.07, 6.45) is 1.99. The molecule has 0 amide bonds. The first kappa shape index (κ1) is 25.0. The third-order valence-corrected chi connectivity index (χ3v) is 7.72. The van der Waals surface area contributed by atoms with Crippen LogP contribution in [0.1, 0.15) is 65.7 Å². The summed E-state index contributed by atoms with van der Waals surface area (Å²) in [6.45, 7) is 9.08. The van der Waals surface area contributed by atoms with E-state index >= 15 is 0 Å². The van der Waals surface area contributed by atoms with Crippen molar-refractivity contribution in [2.24, 2.45) is 0 Å². The number of phenolic OH excluding ortho intramolecular Hbond substituents is 1. The maximum Gasteiger partial charge on any atom is 0.211 e. The predicted octanol–water partition coefficient (Wildman–Crippen LogP) is 8.20. The Morgan fingerprint density at radius 2 is 1.85 bits per heavy atom. The van der Waals surface area contributed by atoms with Crippen LogP contribution in [-0.2, 0) is 15.5 Å². The van der Waals surface area contributed by atoms with Crippen LogP contribution in [0, 0.1) is 13.8 Å². The van der Waals surface area contributed by atoms with Crippen LogP contribution < -0.4 is 4.74 Å². The molecule has 4 nitrogen and oxygen atoms in total. The molecule has 1 N–H and O–H groups in total. The van der Waals surface area contributed by atoms with Gasteiger partial charge in [0, 0.05) is 11.4 Å². The lowest BCUT2D eigenvalue weighted by atomic mass is 9.93. The molecule has 0 saturated carbocycles. The van der Waals surface area contributed by atoms with Crippen molar-refractivity contribution < 1.29 is 18.9 Å². The lowest BCUT2D eigenvalue weighted by molar-refractivity contribution is 0.100. The number of hydrogen-bond donors (Lipinski definition) is 1. The summed E-state index contributed by atoms with van der Waals surface area (Å²) in [7, 11) is -1.14. The third-order valence-electron chi connectivity index (χ3n) is 6.18. The highest BCUT2D eigenvalue weighted by Gasteiger charge is 2.26. The summed E-state index contributed by atoms with van der Waals surface area (Å²) < 4.78 is 18.1. The number of ether oxygens (including phenoxy) is 1. The first-order valence-corrected chi connectivity index (χ1v) is 13.4. The smallest absolute Gasteiger partial charge is 0.211 e. The molecule has 0 spiro atoms. The quantitative estimate of drug-likeness (QED) is 0.333. The standard InChI is InChI=1S/C28H32ClO4P/c1-18(2)25-14-21(8-9-27(25)30)15-26-19(3)12-24(13-20(26)4)31-17-34-32-11-10-28(33-34)22-6-5-7-23(29)16-22/h5-9,12-14,16,18,28,30H,10-11,15,17H2,1-4H3. The van der Waals surface area contributed by atoms with Crippen LogP contribution in [0.4, 0.5) is 0 Å². The topological polar surface area (TPSA) is 47.9 Å². The molecule has 0 aromatic heterocycles. The summed E-state index contributed by atoms with van der Waals surface area (Å²) in [5.41, 5.74) is 6.91. The van der Waals surface area contributed by atoms with E-state index in [4.69, 9.17) is 25.4 Å². The normalized spacial score (nSPS) is 18.3. The molecule has 1 heterocycles. The maximum absolute atomic E-state index is 10.1. The zero-order valence-electron chi connectivity index (χ0n) is 20.2. The second-order valence-electron chi connectivity index (χ2n) is 9.14. The molecule has 180 valence electrons. The van der Waals surface area contributed by atoms with Crippen molar-refractivity contribution in [1.29, 1.82) is 0 Å². The Balaban J connectivity index is 1.41. The first-order valence-electron chi connectivity index (χ1n) is 11.7. The fourth-order valence-electron chi connectivity index (χ4n) is 4.31. The van der Waals surface area contributed by atoms with Crippen molar-refractivity contribution in [1.82, 2.24) is 0 Å². The number of halogens is 1. The monoisotopic (exact) mass is 498 g/mol. The lowest BCUT2D eigenvalue weighted by Crippen LogP contribution is -2.14. The van der Waals surface area contributed by atoms with Gasteiger partial charge in [-0.15, -0.1) is 0 Å². The molecular weight excluding hydrogens is 467 g/mol. The Bertz CT molecular complexity index is 1120. The number of aryl methyl sites for hydroxylation is 2. The zero-order valence-corrected chi connectivity index (χ0v) is 21.8. The van der Waals surface area contributed by atoms with Crippen LogP contribution in [0.25, 0.3) is 0 Å². The summed E-state index contributed by atoms with van der Waals surface area (Å²) in [5.74, 6) is 1.47. The fourth-order valence-corrected chi connectivity index (χ4v) is 5.78. The average Bonchev–Trinajstić information content (AvgIpc) is 2.81. The highest BCUT2D eigenvalue weighted by molar-refractivity contribution is 7.47. The number of phenols is 1. The Morgan fingerprint density at radius 1 is 1.09 bits per heavy atom. The molecule has 3 aromatic carbocycles. The molecule has 0 aliphatic carbocycles. The summed E-state index contributed by atoms with van der Waals surface area (Å²) in [4.78, 5) is 0. The number of aromatic hydroxyl groups is 1. The van der Waals surface area contributed by atoms with Gasteiger partial charge >= 0.3 is 0 Å². The average molecular weight is 499 g/mol. The summed E-state index contributed by atoms with van der Waals surface area (Å²) >= 11 is 6.15. The van der Waals surface area contributed by atoms with Gasteiger partial charge in [-0.25, -0.2) is 0 Å². The van der Waals surface area contributed by atoms with Gasteiger partial charge in [-0.3, -0.25) is 0 Å². The molecule has 0 bridgehead atoms. The SMILES string of the molecule is Cc1cc(OCP2OCCC(c3cccc(Cl)c3)O2)cc(C)c1Cc1ccc(O)c(C(C)C)c1. The fraction of sp³-hybridized carbons (Fsp3) is 0.357. The number of rotatable bonds is 7. The van der Waals surface area contributed by atoms with Gasteiger partial charge in [-0.1, -0.05) is 49.7 Å². The van der Waals surface area contributed by atoms with E-state index in [2.05, 4.69) is 45.9 Å². The van der Waals surface area contributed by atoms with Crippen LogP contribution in [-0.4, -0.2) is 18.1 Å². The van der Waals surface area contributed by atoms with Crippen LogP contribution in [0.5, 0.6) is 11.5 Å². The minimum atomic E-state index is -1.14. The van der Waals surface area contributed by atoms with Crippen LogP contribution in [0.15, 0.2) is 54.6 Å². The Hall–Kier alpha value is -2.10. The van der Waals surface area contributed by atoms with Gasteiger partial charge in [0.1, 0.15) is 11.5 Å². The van der Waals surface area contributed by atoms with Crippen molar-refractivity contribution >= 4 is 20.0 Å². The highest BCUT2D eigenvalue weighted by atomic mass is 35.5. The molecule has 4 rings (SSSR count). The number of benzene rings is 3. The Morgan fingerprint density at radius 3 is 2.56 bits per heavy atom. The maximum atomic E-state index is 10.1.